The fraction of sp³-hybridized carbons (Fsp3) is 0.667. The molecule has 9 nitrogen and oxygen atoms in total. The van der Waals surface area contributed by atoms with Gasteiger partial charge in [0.15, 0.2) is 0 Å². The molecule has 0 unspecified atom stereocenters. The summed E-state index contributed by atoms with van der Waals surface area (Å²) in [6.45, 7) is 5.37. The smallest absolute Gasteiger partial charge is 0.129 e. The van der Waals surface area contributed by atoms with E-state index in [0.717, 1.165) is 10.6 Å². The normalized spacial score (nSPS) is 10.7. The number of phenolic OH excluding ortho intramolecular Hbond substituents is 1. The molecule has 0 bridgehead atoms. The summed E-state index contributed by atoms with van der Waals surface area (Å²) < 4.78 is 26.8. The van der Waals surface area contributed by atoms with Gasteiger partial charge in [-0.2, -0.15) is 0 Å². The Balaban J connectivity index is 1.73. The van der Waals surface area contributed by atoms with Gasteiger partial charge in [-0.15, -0.1) is 11.8 Å². The highest BCUT2D eigenvalue weighted by Gasteiger charge is 1.99. The van der Waals surface area contributed by atoms with Crippen molar-refractivity contribution in [3.8, 4) is 5.75 Å². The molecule has 0 aromatic heterocycles. The molecule has 0 atom stereocenters. The Morgan fingerprint density at radius 2 is 1.29 bits per heavy atom. The molecule has 158 valence electrons. The topological polar surface area (TPSA) is 115 Å². The average Bonchev–Trinajstić information content (AvgIpc) is 2.71. The number of hydrogen-bond donors (Lipinski definition) is 1. The number of nitrogens with zero attached hydrogens (tertiary/aromatic N) is 3. The molecule has 28 heavy (non-hydrogen) atoms. The number of thioether (sulfide) groups is 1. The van der Waals surface area contributed by atoms with Crippen LogP contribution < -0.4 is 0 Å². The lowest BCUT2D eigenvalue weighted by atomic mass is 10.3. The summed E-state index contributed by atoms with van der Waals surface area (Å²) in [4.78, 5) is 3.49. The van der Waals surface area contributed by atoms with Gasteiger partial charge in [-0.1, -0.05) is 17.2 Å². The minimum Gasteiger partial charge on any atom is -0.507 e. The molecule has 0 aliphatic carbocycles. The van der Waals surface area contributed by atoms with Gasteiger partial charge in [-0.25, -0.2) is 0 Å². The van der Waals surface area contributed by atoms with Crippen molar-refractivity contribution in [3.63, 3.8) is 0 Å². The van der Waals surface area contributed by atoms with E-state index < -0.39 is 0 Å². The van der Waals surface area contributed by atoms with E-state index in [1.807, 2.05) is 12.1 Å². The first kappa shape index (κ1) is 24.5. The number of ether oxygens (including phenoxy) is 5. The van der Waals surface area contributed by atoms with Crippen molar-refractivity contribution >= 4 is 11.8 Å². The number of para-hydroxylation sites is 1. The maximum atomic E-state index is 9.64. The van der Waals surface area contributed by atoms with Crippen LogP contribution in [0.15, 0.2) is 34.3 Å². The molecule has 0 saturated heterocycles. The lowest BCUT2D eigenvalue weighted by Gasteiger charge is -2.08. The van der Waals surface area contributed by atoms with Gasteiger partial charge in [-0.3, -0.25) is 0 Å². The molecule has 0 fully saturated rings. The van der Waals surface area contributed by atoms with Gasteiger partial charge in [-0.05, 0) is 17.7 Å². The molecular formula is C18H29N3O6S. The van der Waals surface area contributed by atoms with Gasteiger partial charge < -0.3 is 28.8 Å². The van der Waals surface area contributed by atoms with E-state index >= 15 is 0 Å². The highest BCUT2D eigenvalue weighted by atomic mass is 32.2. The van der Waals surface area contributed by atoms with Gasteiger partial charge in [0.1, 0.15) is 5.75 Å². The van der Waals surface area contributed by atoms with E-state index in [9.17, 15) is 5.11 Å². The highest BCUT2D eigenvalue weighted by Crippen LogP contribution is 2.27. The van der Waals surface area contributed by atoms with Crippen molar-refractivity contribution in [1.82, 2.24) is 0 Å². The standard InChI is InChI=1S/C18H29N3O6S/c19-21-20-5-6-23-7-8-24-9-10-25-11-12-26-13-14-27-15-16-28-18-4-2-1-3-17(18)22/h1-4,22H,5-16H2. The van der Waals surface area contributed by atoms with Crippen LogP contribution in [0.1, 0.15) is 0 Å². The fourth-order valence-corrected chi connectivity index (χ4v) is 2.73. The van der Waals surface area contributed by atoms with Gasteiger partial charge in [0.05, 0.1) is 66.1 Å². The van der Waals surface area contributed by atoms with Gasteiger partial charge in [0, 0.05) is 22.1 Å². The Morgan fingerprint density at radius 3 is 1.82 bits per heavy atom. The molecule has 0 aliphatic rings. The summed E-state index contributed by atoms with van der Waals surface area (Å²) >= 11 is 1.56. The molecule has 0 saturated carbocycles. The summed E-state index contributed by atoms with van der Waals surface area (Å²) in [6, 6.07) is 7.26. The number of rotatable bonds is 19. The maximum absolute atomic E-state index is 9.64. The van der Waals surface area contributed by atoms with E-state index in [1.165, 1.54) is 0 Å². The molecule has 1 rings (SSSR count). The van der Waals surface area contributed by atoms with Crippen LogP contribution >= 0.6 is 11.8 Å². The largest absolute Gasteiger partial charge is 0.507 e. The molecule has 0 spiro atoms. The van der Waals surface area contributed by atoms with E-state index in [4.69, 9.17) is 29.2 Å². The highest BCUT2D eigenvalue weighted by molar-refractivity contribution is 7.99. The molecule has 0 aliphatic heterocycles. The third kappa shape index (κ3) is 14.5. The summed E-state index contributed by atoms with van der Waals surface area (Å²) in [5.74, 6) is 1.08. The second-order valence-electron chi connectivity index (χ2n) is 5.33. The van der Waals surface area contributed by atoms with E-state index in [2.05, 4.69) is 10.0 Å². The van der Waals surface area contributed by atoms with Crippen LogP contribution in [0.25, 0.3) is 10.4 Å². The Kier molecular flexibility index (Phi) is 16.5. The first-order valence-corrected chi connectivity index (χ1v) is 10.1. The molecule has 0 heterocycles. The van der Waals surface area contributed by atoms with Crippen LogP contribution in [0.4, 0.5) is 0 Å². The Hall–Kier alpha value is -1.52. The van der Waals surface area contributed by atoms with Crippen molar-refractivity contribution in [2.75, 3.05) is 78.4 Å². The summed E-state index contributed by atoms with van der Waals surface area (Å²) in [6.07, 6.45) is 0. The van der Waals surface area contributed by atoms with Crippen LogP contribution in [0, 0.1) is 0 Å². The molecule has 1 aromatic carbocycles. The first-order valence-electron chi connectivity index (χ1n) is 9.15. The maximum Gasteiger partial charge on any atom is 0.129 e. The van der Waals surface area contributed by atoms with Crippen LogP contribution in [-0.4, -0.2) is 83.5 Å². The lowest BCUT2D eigenvalue weighted by molar-refractivity contribution is -0.00951. The predicted molar refractivity (Wildman–Crippen MR) is 107 cm³/mol. The zero-order valence-corrected chi connectivity index (χ0v) is 16.8. The molecule has 0 amide bonds. The van der Waals surface area contributed by atoms with E-state index in [1.54, 1.807) is 23.9 Å². The van der Waals surface area contributed by atoms with Crippen molar-refractivity contribution in [1.29, 1.82) is 0 Å². The minimum atomic E-state index is 0.303. The SMILES string of the molecule is [N-]=[N+]=NCCOCCOCCOCCOCCOCCSc1ccccc1O. The number of benzene rings is 1. The van der Waals surface area contributed by atoms with Crippen LogP contribution in [0.2, 0.25) is 0 Å². The second kappa shape index (κ2) is 18.8. The lowest BCUT2D eigenvalue weighted by Crippen LogP contribution is -2.13. The van der Waals surface area contributed by atoms with Crippen molar-refractivity contribution in [2.24, 2.45) is 5.11 Å². The van der Waals surface area contributed by atoms with Crippen LogP contribution in [0.3, 0.4) is 0 Å². The third-order valence-electron chi connectivity index (χ3n) is 3.24. The minimum absolute atomic E-state index is 0.303. The van der Waals surface area contributed by atoms with Crippen molar-refractivity contribution < 1.29 is 28.8 Å². The van der Waals surface area contributed by atoms with E-state index in [0.29, 0.717) is 78.4 Å². The second-order valence-corrected chi connectivity index (χ2v) is 6.47. The molecule has 1 N–H and O–H groups in total. The predicted octanol–water partition coefficient (Wildman–Crippen LogP) is 2.88. The number of azide groups is 1. The summed E-state index contributed by atoms with van der Waals surface area (Å²) in [5, 5.41) is 13.0. The Morgan fingerprint density at radius 1 is 0.786 bits per heavy atom. The summed E-state index contributed by atoms with van der Waals surface area (Å²) in [7, 11) is 0. The van der Waals surface area contributed by atoms with E-state index in [-0.39, 0.29) is 0 Å². The molecule has 0 radical (unpaired) electrons. The van der Waals surface area contributed by atoms with Gasteiger partial charge >= 0.3 is 0 Å². The third-order valence-corrected chi connectivity index (χ3v) is 4.26. The Labute approximate surface area is 169 Å². The van der Waals surface area contributed by atoms with Crippen molar-refractivity contribution in [3.05, 3.63) is 34.7 Å². The number of hydrogen-bond acceptors (Lipinski definition) is 8. The molecular weight excluding hydrogens is 386 g/mol. The Bertz CT molecular complexity index is 546. The monoisotopic (exact) mass is 415 g/mol. The number of aromatic hydroxyl groups is 1. The van der Waals surface area contributed by atoms with Crippen LogP contribution in [-0.2, 0) is 23.7 Å². The molecule has 1 aromatic rings. The zero-order valence-electron chi connectivity index (χ0n) is 16.0. The molecule has 10 heteroatoms. The van der Waals surface area contributed by atoms with Crippen LogP contribution in [0.5, 0.6) is 5.75 Å². The quantitative estimate of drug-likeness (QED) is 0.121. The number of phenols is 1. The zero-order chi connectivity index (χ0) is 20.1. The van der Waals surface area contributed by atoms with Gasteiger partial charge in [0.2, 0.25) is 0 Å². The first-order chi connectivity index (χ1) is 13.8. The van der Waals surface area contributed by atoms with Crippen molar-refractivity contribution in [2.45, 2.75) is 4.90 Å². The fourth-order valence-electron chi connectivity index (χ4n) is 1.92. The average molecular weight is 416 g/mol. The summed E-state index contributed by atoms with van der Waals surface area (Å²) in [5.41, 5.74) is 8.09. The van der Waals surface area contributed by atoms with Gasteiger partial charge in [0.25, 0.3) is 0 Å².